The normalized spacial score (nSPS) is 10.9. The zero-order chi connectivity index (χ0) is 20.8. The number of likely N-dealkylation sites (N-methyl/N-ethyl adjacent to an activating group) is 2. The maximum Gasteiger partial charge on any atom is 0.253 e. The molecule has 29 heavy (non-hydrogen) atoms. The van der Waals surface area contributed by atoms with E-state index in [0.717, 1.165) is 9.21 Å². The topological polar surface area (TPSA) is 65.8 Å². The molecule has 8 heteroatoms. The van der Waals surface area contributed by atoms with Crippen molar-refractivity contribution in [2.75, 3.05) is 25.5 Å². The predicted octanol–water partition coefficient (Wildman–Crippen LogP) is 4.02. The molecular formula is C21H22ClN3O3S. The Kier molecular flexibility index (Phi) is 7.09. The minimum absolute atomic E-state index is 0.110. The first-order valence-corrected chi connectivity index (χ1v) is 10.2. The molecule has 2 heterocycles. The number of nitrogens with one attached hydrogen (secondary N) is 1. The van der Waals surface area contributed by atoms with Crippen LogP contribution in [0.25, 0.3) is 0 Å². The number of nitrogens with zero attached hydrogens (tertiary/aromatic N) is 2. The second-order valence-corrected chi connectivity index (χ2v) is 8.41. The highest BCUT2D eigenvalue weighted by Gasteiger charge is 2.19. The summed E-state index contributed by atoms with van der Waals surface area (Å²) in [5.41, 5.74) is 0.990. The van der Waals surface area contributed by atoms with Gasteiger partial charge in [0.1, 0.15) is 5.76 Å². The molecule has 3 rings (SSSR count). The lowest BCUT2D eigenvalue weighted by Crippen LogP contribution is -2.37. The monoisotopic (exact) mass is 431 g/mol. The van der Waals surface area contributed by atoms with Crippen LogP contribution in [0.2, 0.25) is 4.34 Å². The summed E-state index contributed by atoms with van der Waals surface area (Å²) in [6.07, 6.45) is 1.56. The summed E-state index contributed by atoms with van der Waals surface area (Å²) in [5.74, 6) is 0.287. The molecule has 152 valence electrons. The van der Waals surface area contributed by atoms with Crippen molar-refractivity contribution in [2.24, 2.45) is 0 Å². The van der Waals surface area contributed by atoms with Gasteiger partial charge in [-0.2, -0.15) is 0 Å². The number of rotatable bonds is 8. The van der Waals surface area contributed by atoms with E-state index in [1.54, 1.807) is 49.7 Å². The number of amides is 2. The maximum absolute atomic E-state index is 12.8. The lowest BCUT2D eigenvalue weighted by atomic mass is 10.1. The number of carbonyl (C=O) groups excluding carboxylic acids is 2. The minimum atomic E-state index is -0.266. The van der Waals surface area contributed by atoms with Gasteiger partial charge in [-0.25, -0.2) is 0 Å². The molecule has 0 saturated heterocycles. The second-order valence-electron chi connectivity index (χ2n) is 6.61. The lowest BCUT2D eigenvalue weighted by Gasteiger charge is -2.23. The molecule has 3 aromatic rings. The number of furan rings is 1. The summed E-state index contributed by atoms with van der Waals surface area (Å²) >= 11 is 7.46. The molecule has 0 spiro atoms. The third-order valence-corrected chi connectivity index (χ3v) is 5.56. The van der Waals surface area contributed by atoms with Gasteiger partial charge in [0.25, 0.3) is 5.91 Å². The average molecular weight is 432 g/mol. The summed E-state index contributed by atoms with van der Waals surface area (Å²) in [7, 11) is 3.55. The van der Waals surface area contributed by atoms with Gasteiger partial charge in [0.15, 0.2) is 0 Å². The van der Waals surface area contributed by atoms with Crippen molar-refractivity contribution in [1.29, 1.82) is 0 Å². The largest absolute Gasteiger partial charge is 0.467 e. The number of hydrogen-bond donors (Lipinski definition) is 1. The highest BCUT2D eigenvalue weighted by atomic mass is 35.5. The zero-order valence-corrected chi connectivity index (χ0v) is 17.8. The average Bonchev–Trinajstić information content (AvgIpc) is 3.37. The summed E-state index contributed by atoms with van der Waals surface area (Å²) in [6.45, 7) is 1.13. The number of halogens is 1. The van der Waals surface area contributed by atoms with Crippen molar-refractivity contribution in [2.45, 2.75) is 13.1 Å². The van der Waals surface area contributed by atoms with Gasteiger partial charge in [0.2, 0.25) is 5.91 Å². The van der Waals surface area contributed by atoms with Crippen LogP contribution in [0, 0.1) is 0 Å². The summed E-state index contributed by atoms with van der Waals surface area (Å²) in [5, 5.41) is 2.82. The summed E-state index contributed by atoms with van der Waals surface area (Å²) in [4.78, 5) is 29.9. The van der Waals surface area contributed by atoms with Crippen molar-refractivity contribution >= 4 is 40.4 Å². The number of benzene rings is 1. The van der Waals surface area contributed by atoms with E-state index < -0.39 is 0 Å². The molecule has 0 atom stereocenters. The SMILES string of the molecule is CN(CC(=O)N(C)c1ccccc1C(=O)NCc1ccco1)Cc1ccc(Cl)s1. The molecule has 6 nitrogen and oxygen atoms in total. The van der Waals surface area contributed by atoms with Crippen molar-refractivity contribution in [3.05, 3.63) is 75.3 Å². The number of carbonyl (C=O) groups is 2. The fourth-order valence-corrected chi connectivity index (χ4v) is 4.03. The minimum Gasteiger partial charge on any atom is -0.467 e. The highest BCUT2D eigenvalue weighted by molar-refractivity contribution is 7.16. The van der Waals surface area contributed by atoms with Gasteiger partial charge in [-0.3, -0.25) is 14.5 Å². The van der Waals surface area contributed by atoms with E-state index >= 15 is 0 Å². The van der Waals surface area contributed by atoms with Crippen LogP contribution in [0.3, 0.4) is 0 Å². The molecule has 0 bridgehead atoms. The van der Waals surface area contributed by atoms with Gasteiger partial charge in [-0.15, -0.1) is 11.3 Å². The van der Waals surface area contributed by atoms with Crippen molar-refractivity contribution in [3.8, 4) is 0 Å². The third-order valence-electron chi connectivity index (χ3n) is 4.35. The van der Waals surface area contributed by atoms with Crippen molar-refractivity contribution < 1.29 is 14.0 Å². The molecule has 2 aromatic heterocycles. The molecule has 0 aliphatic rings. The standard InChI is InChI=1S/C21H22ClN3O3S/c1-24(13-16-9-10-19(22)29-16)14-20(26)25(2)18-8-4-3-7-17(18)21(27)23-12-15-6-5-11-28-15/h3-11H,12-14H2,1-2H3,(H,23,27). The third kappa shape index (κ3) is 5.69. The maximum atomic E-state index is 12.8. The lowest BCUT2D eigenvalue weighted by molar-refractivity contribution is -0.119. The molecule has 0 fully saturated rings. The number of hydrogen-bond acceptors (Lipinski definition) is 5. The van der Waals surface area contributed by atoms with E-state index in [9.17, 15) is 9.59 Å². The van der Waals surface area contributed by atoms with Gasteiger partial charge >= 0.3 is 0 Å². The van der Waals surface area contributed by atoms with Crippen LogP contribution in [0.15, 0.2) is 59.2 Å². The van der Waals surface area contributed by atoms with E-state index in [4.69, 9.17) is 16.0 Å². The van der Waals surface area contributed by atoms with Crippen molar-refractivity contribution in [3.63, 3.8) is 0 Å². The van der Waals surface area contributed by atoms with Crippen LogP contribution in [0.1, 0.15) is 21.0 Å². The first kappa shape index (κ1) is 21.1. The van der Waals surface area contributed by atoms with Crippen LogP contribution >= 0.6 is 22.9 Å². The molecular weight excluding hydrogens is 410 g/mol. The predicted molar refractivity (Wildman–Crippen MR) is 115 cm³/mol. The van der Waals surface area contributed by atoms with Gasteiger partial charge in [0.05, 0.1) is 34.9 Å². The first-order chi connectivity index (χ1) is 13.9. The summed E-state index contributed by atoms with van der Waals surface area (Å²) < 4.78 is 5.97. The van der Waals surface area contributed by atoms with Crippen LogP contribution in [0.5, 0.6) is 0 Å². The number of thiophene rings is 1. The number of para-hydroxylation sites is 1. The molecule has 0 aliphatic carbocycles. The Morgan fingerprint density at radius 3 is 2.59 bits per heavy atom. The van der Waals surface area contributed by atoms with Gasteiger partial charge in [0, 0.05) is 18.5 Å². The van der Waals surface area contributed by atoms with Gasteiger partial charge in [-0.05, 0) is 43.4 Å². The molecule has 0 unspecified atom stereocenters. The molecule has 1 aromatic carbocycles. The molecule has 0 saturated carbocycles. The molecule has 1 N–H and O–H groups in total. The first-order valence-electron chi connectivity index (χ1n) is 9.03. The van der Waals surface area contributed by atoms with Gasteiger partial charge < -0.3 is 14.6 Å². The van der Waals surface area contributed by atoms with Crippen molar-refractivity contribution in [1.82, 2.24) is 10.2 Å². The molecule has 0 aliphatic heterocycles. The Hall–Kier alpha value is -2.61. The van der Waals surface area contributed by atoms with E-state index in [1.807, 2.05) is 24.1 Å². The highest BCUT2D eigenvalue weighted by Crippen LogP contribution is 2.23. The Morgan fingerprint density at radius 1 is 1.10 bits per heavy atom. The quantitative estimate of drug-likeness (QED) is 0.585. The Labute approximate surface area is 178 Å². The van der Waals surface area contributed by atoms with E-state index in [1.165, 1.54) is 16.2 Å². The van der Waals surface area contributed by atoms with E-state index in [0.29, 0.717) is 23.6 Å². The Balaban J connectivity index is 1.64. The second kappa shape index (κ2) is 9.73. The number of anilines is 1. The molecule has 0 radical (unpaired) electrons. The van der Waals surface area contributed by atoms with Crippen LogP contribution in [-0.2, 0) is 17.9 Å². The molecule has 2 amide bonds. The van der Waals surface area contributed by atoms with Crippen LogP contribution < -0.4 is 10.2 Å². The Bertz CT molecular complexity index is 971. The smallest absolute Gasteiger partial charge is 0.253 e. The van der Waals surface area contributed by atoms with E-state index in [2.05, 4.69) is 5.32 Å². The summed E-state index contributed by atoms with van der Waals surface area (Å²) in [6, 6.07) is 14.4. The van der Waals surface area contributed by atoms with Crippen LogP contribution in [-0.4, -0.2) is 37.4 Å². The fraction of sp³-hybridized carbons (Fsp3) is 0.238. The van der Waals surface area contributed by atoms with Gasteiger partial charge in [-0.1, -0.05) is 23.7 Å². The Morgan fingerprint density at radius 2 is 1.90 bits per heavy atom. The van der Waals surface area contributed by atoms with E-state index in [-0.39, 0.29) is 24.9 Å². The zero-order valence-electron chi connectivity index (χ0n) is 16.2. The fourth-order valence-electron chi connectivity index (χ4n) is 2.86. The van der Waals surface area contributed by atoms with Crippen LogP contribution in [0.4, 0.5) is 5.69 Å².